The highest BCUT2D eigenvalue weighted by molar-refractivity contribution is 5.92. The molecule has 0 bridgehead atoms. The van der Waals surface area contributed by atoms with E-state index in [2.05, 4.69) is 20.4 Å². The number of ether oxygens (including phenoxy) is 1. The third-order valence-corrected chi connectivity index (χ3v) is 3.09. The third kappa shape index (κ3) is 2.88. The van der Waals surface area contributed by atoms with Crippen molar-refractivity contribution in [2.24, 2.45) is 0 Å². The summed E-state index contributed by atoms with van der Waals surface area (Å²) in [5.74, 6) is 0.949. The predicted molar refractivity (Wildman–Crippen MR) is 80.7 cm³/mol. The maximum absolute atomic E-state index is 12.1. The van der Waals surface area contributed by atoms with Gasteiger partial charge in [-0.15, -0.1) is 5.10 Å². The number of fused-ring (bicyclic) bond motifs is 1. The van der Waals surface area contributed by atoms with E-state index in [1.807, 2.05) is 31.2 Å². The van der Waals surface area contributed by atoms with Crippen LogP contribution in [0.2, 0.25) is 0 Å². The molecule has 0 radical (unpaired) electrons. The SMILES string of the molecule is Cc1ccnc2nc(NC(=O)[C@H](C)Oc3ccccc3)nn12. The molecule has 22 heavy (non-hydrogen) atoms. The van der Waals surface area contributed by atoms with Gasteiger partial charge in [-0.05, 0) is 32.0 Å². The number of rotatable bonds is 4. The van der Waals surface area contributed by atoms with Crippen molar-refractivity contribution in [3.8, 4) is 5.75 Å². The van der Waals surface area contributed by atoms with Crippen LogP contribution in [0.25, 0.3) is 5.78 Å². The molecule has 0 saturated heterocycles. The molecule has 7 nitrogen and oxygen atoms in total. The van der Waals surface area contributed by atoms with Gasteiger partial charge in [0, 0.05) is 11.9 Å². The Bertz CT molecular complexity index is 800. The van der Waals surface area contributed by atoms with Gasteiger partial charge in [0.1, 0.15) is 5.75 Å². The number of anilines is 1. The lowest BCUT2D eigenvalue weighted by Gasteiger charge is -2.13. The topological polar surface area (TPSA) is 81.4 Å². The second-order valence-corrected chi connectivity index (χ2v) is 4.80. The number of nitrogens with zero attached hydrogens (tertiary/aromatic N) is 4. The summed E-state index contributed by atoms with van der Waals surface area (Å²) in [4.78, 5) is 20.4. The van der Waals surface area contributed by atoms with Crippen molar-refractivity contribution in [3.63, 3.8) is 0 Å². The van der Waals surface area contributed by atoms with Crippen LogP contribution in [-0.2, 0) is 4.79 Å². The minimum Gasteiger partial charge on any atom is -0.481 e. The van der Waals surface area contributed by atoms with Crippen molar-refractivity contribution in [1.82, 2.24) is 19.6 Å². The largest absolute Gasteiger partial charge is 0.481 e. The summed E-state index contributed by atoms with van der Waals surface area (Å²) in [6.45, 7) is 3.55. The number of benzene rings is 1. The fourth-order valence-corrected chi connectivity index (χ4v) is 1.93. The highest BCUT2D eigenvalue weighted by Gasteiger charge is 2.17. The fourth-order valence-electron chi connectivity index (χ4n) is 1.93. The quantitative estimate of drug-likeness (QED) is 0.794. The molecule has 2 aromatic heterocycles. The molecule has 0 unspecified atom stereocenters. The minimum absolute atomic E-state index is 0.204. The molecule has 0 spiro atoms. The van der Waals surface area contributed by atoms with Gasteiger partial charge in [0.2, 0.25) is 0 Å². The standard InChI is InChI=1S/C15H15N5O2/c1-10-8-9-16-15-18-14(19-20(10)15)17-13(21)11(2)22-12-6-4-3-5-7-12/h3-9,11H,1-2H3,(H,17,19,21)/t11-/m0/s1. The van der Waals surface area contributed by atoms with E-state index in [9.17, 15) is 4.79 Å². The zero-order valence-corrected chi connectivity index (χ0v) is 12.2. The second kappa shape index (κ2) is 5.80. The number of aryl methyl sites for hydroxylation is 1. The molecular formula is C15H15N5O2. The van der Waals surface area contributed by atoms with Gasteiger partial charge < -0.3 is 4.74 Å². The molecule has 0 fully saturated rings. The molecule has 112 valence electrons. The van der Waals surface area contributed by atoms with E-state index in [1.165, 1.54) is 0 Å². The van der Waals surface area contributed by atoms with E-state index < -0.39 is 6.10 Å². The van der Waals surface area contributed by atoms with Crippen LogP contribution in [-0.4, -0.2) is 31.6 Å². The number of amides is 1. The van der Waals surface area contributed by atoms with Crippen LogP contribution < -0.4 is 10.1 Å². The Morgan fingerprint density at radius 3 is 2.77 bits per heavy atom. The molecular weight excluding hydrogens is 282 g/mol. The first-order valence-corrected chi connectivity index (χ1v) is 6.84. The van der Waals surface area contributed by atoms with Crippen molar-refractivity contribution in [1.29, 1.82) is 0 Å². The Labute approximate surface area is 127 Å². The number of carbonyl (C=O) groups is 1. The summed E-state index contributed by atoms with van der Waals surface area (Å²) in [7, 11) is 0. The van der Waals surface area contributed by atoms with E-state index in [-0.39, 0.29) is 11.9 Å². The summed E-state index contributed by atoms with van der Waals surface area (Å²) < 4.78 is 7.12. The van der Waals surface area contributed by atoms with Gasteiger partial charge in [0.05, 0.1) is 0 Å². The van der Waals surface area contributed by atoms with Crippen LogP contribution in [0.15, 0.2) is 42.6 Å². The summed E-state index contributed by atoms with van der Waals surface area (Å²) in [5, 5.41) is 6.83. The molecule has 2 heterocycles. The van der Waals surface area contributed by atoms with Gasteiger partial charge in [0.25, 0.3) is 17.6 Å². The summed E-state index contributed by atoms with van der Waals surface area (Å²) in [5.41, 5.74) is 0.881. The van der Waals surface area contributed by atoms with Gasteiger partial charge in [-0.2, -0.15) is 9.50 Å². The fraction of sp³-hybridized carbons (Fsp3) is 0.200. The Morgan fingerprint density at radius 1 is 1.27 bits per heavy atom. The molecule has 1 aromatic carbocycles. The van der Waals surface area contributed by atoms with Crippen LogP contribution in [0.5, 0.6) is 5.75 Å². The first-order valence-electron chi connectivity index (χ1n) is 6.84. The van der Waals surface area contributed by atoms with E-state index in [0.717, 1.165) is 5.69 Å². The van der Waals surface area contributed by atoms with Crippen LogP contribution in [0, 0.1) is 6.92 Å². The lowest BCUT2D eigenvalue weighted by molar-refractivity contribution is -0.122. The third-order valence-electron chi connectivity index (χ3n) is 3.09. The Hall–Kier alpha value is -2.96. The molecule has 1 amide bonds. The van der Waals surface area contributed by atoms with Crippen molar-refractivity contribution in [2.45, 2.75) is 20.0 Å². The number of aromatic nitrogens is 4. The molecule has 3 rings (SSSR count). The predicted octanol–water partition coefficient (Wildman–Crippen LogP) is 1.84. The maximum Gasteiger partial charge on any atom is 0.267 e. The lowest BCUT2D eigenvalue weighted by atomic mass is 10.3. The van der Waals surface area contributed by atoms with Gasteiger partial charge in [-0.25, -0.2) is 4.98 Å². The molecule has 1 N–H and O–H groups in total. The smallest absolute Gasteiger partial charge is 0.267 e. The zero-order valence-electron chi connectivity index (χ0n) is 12.2. The van der Waals surface area contributed by atoms with Crippen LogP contribution in [0.1, 0.15) is 12.6 Å². The van der Waals surface area contributed by atoms with Crippen LogP contribution in [0.3, 0.4) is 0 Å². The average Bonchev–Trinajstić information content (AvgIpc) is 2.92. The van der Waals surface area contributed by atoms with Crippen LogP contribution >= 0.6 is 0 Å². The van der Waals surface area contributed by atoms with E-state index in [1.54, 1.807) is 29.8 Å². The maximum atomic E-state index is 12.1. The van der Waals surface area contributed by atoms with Crippen LogP contribution in [0.4, 0.5) is 5.95 Å². The molecule has 0 aliphatic carbocycles. The first kappa shape index (κ1) is 14.0. The van der Waals surface area contributed by atoms with Crippen molar-refractivity contribution in [2.75, 3.05) is 5.32 Å². The Kier molecular flexibility index (Phi) is 3.69. The van der Waals surface area contributed by atoms with Crippen molar-refractivity contribution < 1.29 is 9.53 Å². The number of para-hydroxylation sites is 1. The van der Waals surface area contributed by atoms with E-state index >= 15 is 0 Å². The normalized spacial score (nSPS) is 12.1. The minimum atomic E-state index is -0.664. The van der Waals surface area contributed by atoms with Gasteiger partial charge in [0.15, 0.2) is 6.10 Å². The number of hydrogen-bond acceptors (Lipinski definition) is 5. The molecule has 1 atom stereocenters. The first-order chi connectivity index (χ1) is 10.6. The highest BCUT2D eigenvalue weighted by atomic mass is 16.5. The van der Waals surface area contributed by atoms with E-state index in [0.29, 0.717) is 11.5 Å². The Morgan fingerprint density at radius 2 is 2.05 bits per heavy atom. The van der Waals surface area contributed by atoms with Gasteiger partial charge in [-0.1, -0.05) is 18.2 Å². The monoisotopic (exact) mass is 297 g/mol. The second-order valence-electron chi connectivity index (χ2n) is 4.80. The molecule has 0 aliphatic heterocycles. The van der Waals surface area contributed by atoms with Crippen molar-refractivity contribution in [3.05, 3.63) is 48.3 Å². The van der Waals surface area contributed by atoms with E-state index in [4.69, 9.17) is 4.74 Å². The summed E-state index contributed by atoms with van der Waals surface area (Å²) >= 11 is 0. The Balaban J connectivity index is 1.71. The average molecular weight is 297 g/mol. The summed E-state index contributed by atoms with van der Waals surface area (Å²) in [6.07, 6.45) is 0.981. The highest BCUT2D eigenvalue weighted by Crippen LogP contribution is 2.12. The molecule has 0 saturated carbocycles. The van der Waals surface area contributed by atoms with Gasteiger partial charge in [-0.3, -0.25) is 10.1 Å². The van der Waals surface area contributed by atoms with Gasteiger partial charge >= 0.3 is 0 Å². The summed E-state index contributed by atoms with van der Waals surface area (Å²) in [6, 6.07) is 11.0. The molecule has 0 aliphatic rings. The molecule has 7 heteroatoms. The van der Waals surface area contributed by atoms with Crippen molar-refractivity contribution >= 4 is 17.6 Å². The number of nitrogens with one attached hydrogen (secondary N) is 1. The number of carbonyl (C=O) groups excluding carboxylic acids is 1. The molecule has 3 aromatic rings. The number of hydrogen-bond donors (Lipinski definition) is 1. The zero-order chi connectivity index (χ0) is 15.5. The lowest BCUT2D eigenvalue weighted by Crippen LogP contribution is -2.30.